The molecule has 0 saturated heterocycles. The van der Waals surface area contributed by atoms with E-state index in [-0.39, 0.29) is 5.54 Å². The molecule has 21 heavy (non-hydrogen) atoms. The van der Waals surface area contributed by atoms with Gasteiger partial charge in [-0.1, -0.05) is 44.5 Å². The van der Waals surface area contributed by atoms with Crippen LogP contribution < -0.4 is 5.73 Å². The van der Waals surface area contributed by atoms with Gasteiger partial charge in [0.1, 0.15) is 0 Å². The molecule has 0 aliphatic heterocycles. The Morgan fingerprint density at radius 2 is 2.05 bits per heavy atom. The second-order valence-corrected chi connectivity index (χ2v) is 8.40. The standard InChI is InChI=1S/C20H29N/c1-13(2)9-14-5-3-6-16(10-14)20(21)12-15-11-19(20)18-8-4-7-17(15)18/h3,5-6,10,13,15,17-19H,4,7-9,11-12,21H2,1-2H3. The molecule has 5 unspecified atom stereocenters. The van der Waals surface area contributed by atoms with Crippen molar-refractivity contribution >= 4 is 0 Å². The van der Waals surface area contributed by atoms with Crippen molar-refractivity contribution in [2.24, 2.45) is 35.3 Å². The molecular formula is C20H29N. The largest absolute Gasteiger partial charge is 0.321 e. The Kier molecular flexibility index (Phi) is 3.19. The summed E-state index contributed by atoms with van der Waals surface area (Å²) in [5.74, 6) is 4.34. The molecule has 1 aromatic rings. The molecule has 0 radical (unpaired) electrons. The number of hydrogen-bond donors (Lipinski definition) is 1. The zero-order valence-electron chi connectivity index (χ0n) is 13.5. The number of rotatable bonds is 3. The molecule has 2 N–H and O–H groups in total. The summed E-state index contributed by atoms with van der Waals surface area (Å²) in [6.45, 7) is 4.59. The number of fused-ring (bicyclic) bond motifs is 5. The Morgan fingerprint density at radius 1 is 1.24 bits per heavy atom. The summed E-state index contributed by atoms with van der Waals surface area (Å²) in [6.07, 6.45) is 8.19. The summed E-state index contributed by atoms with van der Waals surface area (Å²) < 4.78 is 0. The van der Waals surface area contributed by atoms with Crippen LogP contribution in [-0.2, 0) is 12.0 Å². The zero-order valence-corrected chi connectivity index (χ0v) is 13.5. The maximum atomic E-state index is 7.02. The van der Waals surface area contributed by atoms with E-state index in [0.29, 0.717) is 5.92 Å². The van der Waals surface area contributed by atoms with Crippen LogP contribution in [0.3, 0.4) is 0 Å². The maximum Gasteiger partial charge on any atom is 0.0443 e. The van der Waals surface area contributed by atoms with Crippen molar-refractivity contribution in [2.45, 2.75) is 57.9 Å². The predicted octanol–water partition coefficient (Wildman–Crippen LogP) is 4.50. The zero-order chi connectivity index (χ0) is 14.6. The molecule has 3 aliphatic carbocycles. The van der Waals surface area contributed by atoms with Crippen LogP contribution in [0.25, 0.3) is 0 Å². The first-order valence-electron chi connectivity index (χ1n) is 8.96. The summed E-state index contributed by atoms with van der Waals surface area (Å²) in [5.41, 5.74) is 9.90. The molecule has 3 fully saturated rings. The fourth-order valence-electron chi connectivity index (χ4n) is 5.98. The molecule has 0 heterocycles. The fraction of sp³-hybridized carbons (Fsp3) is 0.700. The smallest absolute Gasteiger partial charge is 0.0443 e. The molecule has 1 nitrogen and oxygen atoms in total. The van der Waals surface area contributed by atoms with E-state index in [1.807, 2.05) is 0 Å². The molecule has 114 valence electrons. The first-order chi connectivity index (χ1) is 10.1. The van der Waals surface area contributed by atoms with Gasteiger partial charge in [-0.05, 0) is 72.8 Å². The van der Waals surface area contributed by atoms with E-state index in [0.717, 1.165) is 23.7 Å². The fourth-order valence-corrected chi connectivity index (χ4v) is 5.98. The van der Waals surface area contributed by atoms with E-state index < -0.39 is 0 Å². The van der Waals surface area contributed by atoms with Crippen LogP contribution in [0.4, 0.5) is 0 Å². The SMILES string of the molecule is CC(C)Cc1cccc(C2(N)CC3CC2C2CCCC32)c1. The summed E-state index contributed by atoms with van der Waals surface area (Å²) in [4.78, 5) is 0. The normalized spacial score (nSPS) is 41.0. The summed E-state index contributed by atoms with van der Waals surface area (Å²) >= 11 is 0. The molecule has 4 rings (SSSR count). The molecule has 3 aliphatic rings. The van der Waals surface area contributed by atoms with Gasteiger partial charge in [0.05, 0.1) is 0 Å². The molecule has 1 heteroatoms. The van der Waals surface area contributed by atoms with Crippen molar-refractivity contribution in [1.29, 1.82) is 0 Å². The highest BCUT2D eigenvalue weighted by Crippen LogP contribution is 2.64. The van der Waals surface area contributed by atoms with E-state index in [9.17, 15) is 0 Å². The van der Waals surface area contributed by atoms with Crippen molar-refractivity contribution in [3.63, 3.8) is 0 Å². The number of hydrogen-bond acceptors (Lipinski definition) is 1. The van der Waals surface area contributed by atoms with Crippen LogP contribution >= 0.6 is 0 Å². The van der Waals surface area contributed by atoms with Crippen LogP contribution in [-0.4, -0.2) is 0 Å². The highest BCUT2D eigenvalue weighted by molar-refractivity contribution is 5.33. The van der Waals surface area contributed by atoms with Crippen LogP contribution in [0, 0.1) is 29.6 Å². The molecule has 0 aromatic heterocycles. The lowest BCUT2D eigenvalue weighted by molar-refractivity contribution is 0.156. The molecule has 1 aromatic carbocycles. The Labute approximate surface area is 129 Å². The monoisotopic (exact) mass is 283 g/mol. The lowest BCUT2D eigenvalue weighted by Gasteiger charge is -2.40. The quantitative estimate of drug-likeness (QED) is 0.868. The summed E-state index contributed by atoms with van der Waals surface area (Å²) in [6, 6.07) is 9.23. The Morgan fingerprint density at radius 3 is 2.86 bits per heavy atom. The maximum absolute atomic E-state index is 7.02. The number of benzene rings is 1. The van der Waals surface area contributed by atoms with Crippen LogP contribution in [0.5, 0.6) is 0 Å². The molecule has 0 spiro atoms. The van der Waals surface area contributed by atoms with E-state index in [4.69, 9.17) is 5.73 Å². The minimum Gasteiger partial charge on any atom is -0.321 e. The highest BCUT2D eigenvalue weighted by Gasteiger charge is 2.59. The third-order valence-electron chi connectivity index (χ3n) is 6.67. The van der Waals surface area contributed by atoms with E-state index in [2.05, 4.69) is 38.1 Å². The Balaban J connectivity index is 1.64. The molecule has 0 amide bonds. The van der Waals surface area contributed by atoms with Crippen molar-refractivity contribution < 1.29 is 0 Å². The van der Waals surface area contributed by atoms with Gasteiger partial charge in [0.2, 0.25) is 0 Å². The van der Waals surface area contributed by atoms with Gasteiger partial charge in [-0.15, -0.1) is 0 Å². The van der Waals surface area contributed by atoms with Gasteiger partial charge < -0.3 is 5.73 Å². The second kappa shape index (κ2) is 4.84. The predicted molar refractivity (Wildman–Crippen MR) is 87.9 cm³/mol. The van der Waals surface area contributed by atoms with E-state index in [1.54, 1.807) is 0 Å². The van der Waals surface area contributed by atoms with Crippen LogP contribution in [0.2, 0.25) is 0 Å². The van der Waals surface area contributed by atoms with Crippen LogP contribution in [0.15, 0.2) is 24.3 Å². The first-order valence-corrected chi connectivity index (χ1v) is 8.96. The second-order valence-electron chi connectivity index (χ2n) is 8.40. The van der Waals surface area contributed by atoms with Gasteiger partial charge >= 0.3 is 0 Å². The van der Waals surface area contributed by atoms with Gasteiger partial charge in [-0.3, -0.25) is 0 Å². The van der Waals surface area contributed by atoms with E-state index in [1.165, 1.54) is 49.7 Å². The third-order valence-corrected chi connectivity index (χ3v) is 6.67. The Hall–Kier alpha value is -0.820. The molecule has 2 bridgehead atoms. The average molecular weight is 283 g/mol. The average Bonchev–Trinajstić information content (AvgIpc) is 3.09. The highest BCUT2D eigenvalue weighted by atomic mass is 14.8. The van der Waals surface area contributed by atoms with Crippen molar-refractivity contribution in [1.82, 2.24) is 0 Å². The van der Waals surface area contributed by atoms with E-state index >= 15 is 0 Å². The topological polar surface area (TPSA) is 26.0 Å². The van der Waals surface area contributed by atoms with Crippen molar-refractivity contribution in [3.05, 3.63) is 35.4 Å². The van der Waals surface area contributed by atoms with Gasteiger partial charge in [0.15, 0.2) is 0 Å². The van der Waals surface area contributed by atoms with Gasteiger partial charge in [-0.2, -0.15) is 0 Å². The molecule has 5 atom stereocenters. The minimum absolute atomic E-state index is 0.0246. The first kappa shape index (κ1) is 13.8. The van der Waals surface area contributed by atoms with Crippen molar-refractivity contribution in [2.75, 3.05) is 0 Å². The summed E-state index contributed by atoms with van der Waals surface area (Å²) in [7, 11) is 0. The van der Waals surface area contributed by atoms with Crippen molar-refractivity contribution in [3.8, 4) is 0 Å². The molecular weight excluding hydrogens is 254 g/mol. The third kappa shape index (κ3) is 2.08. The lowest BCUT2D eigenvalue weighted by atomic mass is 9.68. The van der Waals surface area contributed by atoms with Gasteiger partial charge in [0.25, 0.3) is 0 Å². The minimum atomic E-state index is -0.0246. The van der Waals surface area contributed by atoms with Crippen LogP contribution in [0.1, 0.15) is 57.1 Å². The summed E-state index contributed by atoms with van der Waals surface area (Å²) in [5, 5.41) is 0. The Bertz CT molecular complexity index is 534. The lowest BCUT2D eigenvalue weighted by Crippen LogP contribution is -2.46. The number of nitrogens with two attached hydrogens (primary N) is 1. The van der Waals surface area contributed by atoms with Gasteiger partial charge in [0, 0.05) is 5.54 Å². The van der Waals surface area contributed by atoms with Gasteiger partial charge in [-0.25, -0.2) is 0 Å². The molecule has 3 saturated carbocycles.